The molecule has 2 heterocycles. The van der Waals surface area contributed by atoms with Crippen molar-refractivity contribution in [3.63, 3.8) is 0 Å². The Bertz CT molecular complexity index is 670. The van der Waals surface area contributed by atoms with Crippen LogP contribution in [0, 0.1) is 0 Å². The third-order valence-corrected chi connectivity index (χ3v) is 4.46. The Kier molecular flexibility index (Phi) is 4.59. The molecule has 116 valence electrons. The summed E-state index contributed by atoms with van der Waals surface area (Å²) >= 11 is 3.45. The van der Waals surface area contributed by atoms with Crippen molar-refractivity contribution >= 4 is 21.8 Å². The van der Waals surface area contributed by atoms with E-state index < -0.39 is 0 Å². The lowest BCUT2D eigenvalue weighted by atomic mass is 10.1. The Morgan fingerprint density at radius 2 is 2.36 bits per heavy atom. The van der Waals surface area contributed by atoms with Gasteiger partial charge in [-0.1, -0.05) is 28.1 Å². The maximum absolute atomic E-state index is 12.7. The molecule has 1 fully saturated rings. The minimum Gasteiger partial charge on any atom is -0.336 e. The molecule has 1 saturated heterocycles. The molecule has 6 heteroatoms. The summed E-state index contributed by atoms with van der Waals surface area (Å²) in [6, 6.07) is 7.90. The zero-order chi connectivity index (χ0) is 15.5. The molecule has 3 rings (SSSR count). The highest BCUT2D eigenvalue weighted by atomic mass is 79.9. The Labute approximate surface area is 138 Å². The zero-order valence-corrected chi connectivity index (χ0v) is 14.1. The number of carbonyl (C=O) groups excluding carboxylic acids is 1. The topological polar surface area (TPSA) is 50.2 Å². The highest BCUT2D eigenvalue weighted by molar-refractivity contribution is 9.10. The van der Waals surface area contributed by atoms with E-state index >= 15 is 0 Å². The predicted molar refractivity (Wildman–Crippen MR) is 88.4 cm³/mol. The predicted octanol–water partition coefficient (Wildman–Crippen LogP) is 1.90. The van der Waals surface area contributed by atoms with Gasteiger partial charge < -0.3 is 14.8 Å². The molecule has 1 aliphatic rings. The van der Waals surface area contributed by atoms with E-state index in [1.165, 1.54) is 0 Å². The first-order valence-electron chi connectivity index (χ1n) is 7.37. The molecular formula is C16H19BrN4O. The van der Waals surface area contributed by atoms with E-state index in [-0.39, 0.29) is 11.9 Å². The molecule has 0 spiro atoms. The Morgan fingerprint density at radius 1 is 1.50 bits per heavy atom. The standard InChI is InChI=1S/C16H19BrN4O/c1-20-7-6-19-16(20)14-11-18-5-8-21(14)15(22)10-12-3-2-4-13(17)9-12/h2-4,6-7,9,14,18H,5,8,10-11H2,1H3. The number of rotatable bonds is 3. The zero-order valence-electron chi connectivity index (χ0n) is 12.5. The number of piperazine rings is 1. The summed E-state index contributed by atoms with van der Waals surface area (Å²) in [5.41, 5.74) is 1.02. The molecule has 1 atom stereocenters. The van der Waals surface area contributed by atoms with E-state index in [1.807, 2.05) is 47.0 Å². The van der Waals surface area contributed by atoms with Crippen LogP contribution in [0.2, 0.25) is 0 Å². The highest BCUT2D eigenvalue weighted by Gasteiger charge is 2.30. The summed E-state index contributed by atoms with van der Waals surface area (Å²) in [7, 11) is 1.97. The number of amides is 1. The summed E-state index contributed by atoms with van der Waals surface area (Å²) in [6.45, 7) is 2.28. The van der Waals surface area contributed by atoms with Crippen LogP contribution < -0.4 is 5.32 Å². The van der Waals surface area contributed by atoms with Crippen LogP contribution in [0.25, 0.3) is 0 Å². The molecule has 1 aromatic heterocycles. The summed E-state index contributed by atoms with van der Waals surface area (Å²) in [5.74, 6) is 1.07. The number of imidazole rings is 1. The molecule has 1 aliphatic heterocycles. The van der Waals surface area contributed by atoms with Crippen molar-refractivity contribution < 1.29 is 4.79 Å². The van der Waals surface area contributed by atoms with Gasteiger partial charge in [-0.05, 0) is 17.7 Å². The minimum atomic E-state index is -0.00611. The molecule has 2 aromatic rings. The second kappa shape index (κ2) is 6.62. The van der Waals surface area contributed by atoms with Crippen LogP contribution >= 0.6 is 15.9 Å². The van der Waals surface area contributed by atoms with Crippen LogP contribution in [0.4, 0.5) is 0 Å². The number of halogens is 1. The maximum atomic E-state index is 12.7. The summed E-state index contributed by atoms with van der Waals surface area (Å²) in [6.07, 6.45) is 4.11. The number of hydrogen-bond acceptors (Lipinski definition) is 3. The second-order valence-electron chi connectivity index (χ2n) is 5.51. The van der Waals surface area contributed by atoms with Gasteiger partial charge >= 0.3 is 0 Å². The quantitative estimate of drug-likeness (QED) is 0.906. The molecule has 1 unspecified atom stereocenters. The van der Waals surface area contributed by atoms with Crippen molar-refractivity contribution in [1.29, 1.82) is 0 Å². The van der Waals surface area contributed by atoms with Crippen LogP contribution in [-0.4, -0.2) is 40.0 Å². The lowest BCUT2D eigenvalue weighted by molar-refractivity contribution is -0.134. The normalized spacial score (nSPS) is 18.5. The van der Waals surface area contributed by atoms with Gasteiger partial charge in [0.1, 0.15) is 11.9 Å². The average molecular weight is 363 g/mol. The largest absolute Gasteiger partial charge is 0.336 e. The fourth-order valence-electron chi connectivity index (χ4n) is 2.85. The minimum absolute atomic E-state index is 0.00611. The number of nitrogens with one attached hydrogen (secondary N) is 1. The highest BCUT2D eigenvalue weighted by Crippen LogP contribution is 2.22. The van der Waals surface area contributed by atoms with E-state index in [2.05, 4.69) is 26.2 Å². The number of nitrogens with zero attached hydrogens (tertiary/aromatic N) is 3. The molecule has 22 heavy (non-hydrogen) atoms. The first-order valence-corrected chi connectivity index (χ1v) is 8.16. The molecule has 1 amide bonds. The lowest BCUT2D eigenvalue weighted by Gasteiger charge is -2.35. The lowest BCUT2D eigenvalue weighted by Crippen LogP contribution is -2.49. The molecule has 0 aliphatic carbocycles. The first kappa shape index (κ1) is 15.2. The van der Waals surface area contributed by atoms with Crippen LogP contribution in [0.15, 0.2) is 41.1 Å². The Morgan fingerprint density at radius 3 is 3.09 bits per heavy atom. The van der Waals surface area contributed by atoms with Gasteiger partial charge in [-0.3, -0.25) is 4.79 Å². The number of benzene rings is 1. The van der Waals surface area contributed by atoms with Crippen molar-refractivity contribution in [1.82, 2.24) is 19.8 Å². The first-order chi connectivity index (χ1) is 10.6. The molecule has 0 radical (unpaired) electrons. The van der Waals surface area contributed by atoms with Crippen LogP contribution in [-0.2, 0) is 18.3 Å². The van der Waals surface area contributed by atoms with Crippen LogP contribution in [0.5, 0.6) is 0 Å². The molecular weight excluding hydrogens is 344 g/mol. The molecule has 0 saturated carbocycles. The van der Waals surface area contributed by atoms with E-state index in [9.17, 15) is 4.79 Å². The molecule has 0 bridgehead atoms. The summed E-state index contributed by atoms with van der Waals surface area (Å²) < 4.78 is 2.98. The van der Waals surface area contributed by atoms with E-state index in [0.29, 0.717) is 13.0 Å². The third-order valence-electron chi connectivity index (χ3n) is 3.96. The fraction of sp³-hybridized carbons (Fsp3) is 0.375. The summed E-state index contributed by atoms with van der Waals surface area (Å²) in [5, 5.41) is 3.35. The van der Waals surface area contributed by atoms with E-state index in [4.69, 9.17) is 0 Å². The maximum Gasteiger partial charge on any atom is 0.227 e. The Balaban J connectivity index is 1.78. The van der Waals surface area contributed by atoms with Gasteiger partial charge in [0, 0.05) is 43.5 Å². The van der Waals surface area contributed by atoms with Gasteiger partial charge in [0.15, 0.2) is 0 Å². The van der Waals surface area contributed by atoms with Crippen molar-refractivity contribution in [3.8, 4) is 0 Å². The van der Waals surface area contributed by atoms with Crippen LogP contribution in [0.3, 0.4) is 0 Å². The van der Waals surface area contributed by atoms with E-state index in [0.717, 1.165) is 29.0 Å². The number of aromatic nitrogens is 2. The van der Waals surface area contributed by atoms with Gasteiger partial charge in [0.2, 0.25) is 5.91 Å². The summed E-state index contributed by atoms with van der Waals surface area (Å²) in [4.78, 5) is 19.1. The van der Waals surface area contributed by atoms with Gasteiger partial charge in [0.05, 0.1) is 6.42 Å². The van der Waals surface area contributed by atoms with Gasteiger partial charge in [0.25, 0.3) is 0 Å². The second-order valence-corrected chi connectivity index (χ2v) is 6.43. The monoisotopic (exact) mass is 362 g/mol. The van der Waals surface area contributed by atoms with Gasteiger partial charge in [-0.2, -0.15) is 0 Å². The molecule has 1 N–H and O–H groups in total. The molecule has 5 nitrogen and oxygen atoms in total. The van der Waals surface area contributed by atoms with Crippen molar-refractivity contribution in [2.75, 3.05) is 19.6 Å². The molecule has 1 aromatic carbocycles. The van der Waals surface area contributed by atoms with Crippen molar-refractivity contribution in [2.45, 2.75) is 12.5 Å². The SMILES string of the molecule is Cn1ccnc1C1CNCCN1C(=O)Cc1cccc(Br)c1. The number of aryl methyl sites for hydroxylation is 1. The number of hydrogen-bond donors (Lipinski definition) is 1. The van der Waals surface area contributed by atoms with Crippen molar-refractivity contribution in [3.05, 3.63) is 52.5 Å². The van der Waals surface area contributed by atoms with Crippen LogP contribution in [0.1, 0.15) is 17.4 Å². The van der Waals surface area contributed by atoms with Crippen molar-refractivity contribution in [2.24, 2.45) is 7.05 Å². The number of carbonyl (C=O) groups is 1. The smallest absolute Gasteiger partial charge is 0.227 e. The van der Waals surface area contributed by atoms with Gasteiger partial charge in [-0.25, -0.2) is 4.98 Å². The Hall–Kier alpha value is -1.66. The van der Waals surface area contributed by atoms with Gasteiger partial charge in [-0.15, -0.1) is 0 Å². The third kappa shape index (κ3) is 3.23. The fourth-order valence-corrected chi connectivity index (χ4v) is 3.30. The average Bonchev–Trinajstić information content (AvgIpc) is 2.93. The van der Waals surface area contributed by atoms with E-state index in [1.54, 1.807) is 6.20 Å².